The SMILES string of the molecule is CCC(Sc1ccc(Cl)cc1)C(=O)N(C)Cc1nc(-c2ccccc2Cl)no1. The lowest BCUT2D eigenvalue weighted by Crippen LogP contribution is -2.34. The molecule has 8 heteroatoms. The number of nitrogens with zero attached hydrogens (tertiary/aromatic N) is 3. The van der Waals surface area contributed by atoms with Gasteiger partial charge < -0.3 is 9.42 Å². The number of hydrogen-bond donors (Lipinski definition) is 0. The maximum atomic E-state index is 12.8. The van der Waals surface area contributed by atoms with Gasteiger partial charge in [-0.25, -0.2) is 0 Å². The molecule has 1 heterocycles. The van der Waals surface area contributed by atoms with E-state index in [9.17, 15) is 4.79 Å². The predicted molar refractivity (Wildman–Crippen MR) is 113 cm³/mol. The Kier molecular flexibility index (Phi) is 6.99. The van der Waals surface area contributed by atoms with Gasteiger partial charge in [-0.3, -0.25) is 4.79 Å². The van der Waals surface area contributed by atoms with Crippen LogP contribution in [0, 0.1) is 0 Å². The summed E-state index contributed by atoms with van der Waals surface area (Å²) in [5.41, 5.74) is 0.692. The van der Waals surface area contributed by atoms with E-state index in [4.69, 9.17) is 27.7 Å². The van der Waals surface area contributed by atoms with Crippen molar-refractivity contribution in [1.82, 2.24) is 15.0 Å². The van der Waals surface area contributed by atoms with Crippen LogP contribution in [0.1, 0.15) is 19.2 Å². The third-order valence-corrected chi connectivity index (χ3v) is 6.02. The summed E-state index contributed by atoms with van der Waals surface area (Å²) in [5, 5.41) is 4.98. The fourth-order valence-corrected chi connectivity index (χ4v) is 4.00. The van der Waals surface area contributed by atoms with Crippen LogP contribution in [-0.2, 0) is 11.3 Å². The van der Waals surface area contributed by atoms with Crippen molar-refractivity contribution in [3.05, 3.63) is 64.5 Å². The van der Waals surface area contributed by atoms with Crippen LogP contribution in [0.25, 0.3) is 11.4 Å². The molecule has 1 aromatic heterocycles. The average Bonchev–Trinajstić information content (AvgIpc) is 3.15. The lowest BCUT2D eigenvalue weighted by Gasteiger charge is -2.21. The second-order valence-corrected chi connectivity index (χ2v) is 8.27. The smallest absolute Gasteiger partial charge is 0.246 e. The Balaban J connectivity index is 1.66. The van der Waals surface area contributed by atoms with Gasteiger partial charge in [0.15, 0.2) is 0 Å². The lowest BCUT2D eigenvalue weighted by molar-refractivity contribution is -0.130. The first-order valence-corrected chi connectivity index (χ1v) is 10.4. The molecule has 0 bridgehead atoms. The molecule has 1 atom stereocenters. The molecule has 0 spiro atoms. The molecule has 0 radical (unpaired) electrons. The van der Waals surface area contributed by atoms with Gasteiger partial charge in [0, 0.05) is 22.5 Å². The van der Waals surface area contributed by atoms with E-state index >= 15 is 0 Å². The third kappa shape index (κ3) is 5.07. The van der Waals surface area contributed by atoms with Crippen LogP contribution >= 0.6 is 35.0 Å². The fourth-order valence-electron chi connectivity index (χ4n) is 2.58. The van der Waals surface area contributed by atoms with Gasteiger partial charge in [-0.1, -0.05) is 47.4 Å². The Morgan fingerprint density at radius 3 is 2.57 bits per heavy atom. The van der Waals surface area contributed by atoms with Crippen molar-refractivity contribution in [1.29, 1.82) is 0 Å². The van der Waals surface area contributed by atoms with E-state index < -0.39 is 0 Å². The molecule has 0 saturated carbocycles. The van der Waals surface area contributed by atoms with Gasteiger partial charge in [0.1, 0.15) is 0 Å². The second-order valence-electron chi connectivity index (χ2n) is 6.15. The standard InChI is InChI=1S/C20H19Cl2N3O2S/c1-3-17(28-14-10-8-13(21)9-11-14)20(26)25(2)12-18-23-19(24-27-18)15-6-4-5-7-16(15)22/h4-11,17H,3,12H2,1-2H3. The number of benzene rings is 2. The van der Waals surface area contributed by atoms with Gasteiger partial charge in [0.25, 0.3) is 0 Å². The molecule has 0 fully saturated rings. The van der Waals surface area contributed by atoms with Crippen molar-refractivity contribution in [3.63, 3.8) is 0 Å². The lowest BCUT2D eigenvalue weighted by atomic mass is 10.2. The minimum Gasteiger partial charge on any atom is -0.337 e. The maximum Gasteiger partial charge on any atom is 0.246 e. The molecule has 0 aliphatic rings. The van der Waals surface area contributed by atoms with Crippen molar-refractivity contribution in [2.45, 2.75) is 30.0 Å². The van der Waals surface area contributed by atoms with E-state index in [1.165, 1.54) is 11.8 Å². The summed E-state index contributed by atoms with van der Waals surface area (Å²) in [6.07, 6.45) is 0.700. The summed E-state index contributed by atoms with van der Waals surface area (Å²) in [6.45, 7) is 2.22. The van der Waals surface area contributed by atoms with E-state index in [0.29, 0.717) is 33.7 Å². The number of thioether (sulfide) groups is 1. The molecule has 0 aliphatic carbocycles. The molecule has 0 aliphatic heterocycles. The maximum absolute atomic E-state index is 12.8. The number of rotatable bonds is 7. The van der Waals surface area contributed by atoms with Crippen LogP contribution < -0.4 is 0 Å². The molecule has 28 heavy (non-hydrogen) atoms. The number of carbonyl (C=O) groups excluding carboxylic acids is 1. The zero-order valence-corrected chi connectivity index (χ0v) is 17.8. The second kappa shape index (κ2) is 9.45. The molecule has 3 aromatic rings. The van der Waals surface area contributed by atoms with Crippen LogP contribution in [0.4, 0.5) is 0 Å². The number of carbonyl (C=O) groups is 1. The van der Waals surface area contributed by atoms with Crippen LogP contribution in [0.15, 0.2) is 57.9 Å². The molecule has 0 saturated heterocycles. The van der Waals surface area contributed by atoms with Crippen molar-refractivity contribution in [2.24, 2.45) is 0 Å². The molecule has 2 aromatic carbocycles. The zero-order chi connectivity index (χ0) is 20.1. The summed E-state index contributed by atoms with van der Waals surface area (Å²) in [6, 6.07) is 14.7. The molecular weight excluding hydrogens is 417 g/mol. The Labute approximate surface area is 178 Å². The van der Waals surface area contributed by atoms with Crippen LogP contribution in [0.5, 0.6) is 0 Å². The largest absolute Gasteiger partial charge is 0.337 e. The van der Waals surface area contributed by atoms with Gasteiger partial charge in [-0.2, -0.15) is 4.98 Å². The molecule has 0 N–H and O–H groups in total. The van der Waals surface area contributed by atoms with Crippen molar-refractivity contribution < 1.29 is 9.32 Å². The van der Waals surface area contributed by atoms with Gasteiger partial charge in [-0.15, -0.1) is 11.8 Å². The van der Waals surface area contributed by atoms with E-state index in [1.54, 1.807) is 18.0 Å². The summed E-state index contributed by atoms with van der Waals surface area (Å²) in [7, 11) is 1.73. The summed E-state index contributed by atoms with van der Waals surface area (Å²) in [4.78, 5) is 19.8. The topological polar surface area (TPSA) is 59.2 Å². The molecule has 1 amide bonds. The number of halogens is 2. The fraction of sp³-hybridized carbons (Fsp3) is 0.250. The van der Waals surface area contributed by atoms with Crippen molar-refractivity contribution in [2.75, 3.05) is 7.05 Å². The molecule has 5 nitrogen and oxygen atoms in total. The first kappa shape index (κ1) is 20.7. The van der Waals surface area contributed by atoms with Gasteiger partial charge in [0.05, 0.1) is 16.8 Å². The third-order valence-electron chi connectivity index (χ3n) is 4.07. The molecule has 1 unspecified atom stereocenters. The van der Waals surface area contributed by atoms with Crippen LogP contribution in [-0.4, -0.2) is 33.2 Å². The number of aromatic nitrogens is 2. The number of amides is 1. The highest BCUT2D eigenvalue weighted by Crippen LogP contribution is 2.28. The Morgan fingerprint density at radius 2 is 1.89 bits per heavy atom. The highest BCUT2D eigenvalue weighted by atomic mass is 35.5. The van der Waals surface area contributed by atoms with E-state index in [1.807, 2.05) is 49.4 Å². The molecule has 3 rings (SSSR count). The minimum atomic E-state index is -0.211. The van der Waals surface area contributed by atoms with E-state index in [2.05, 4.69) is 10.1 Å². The quantitative estimate of drug-likeness (QED) is 0.453. The molecule has 146 valence electrons. The molecular formula is C20H19Cl2N3O2S. The first-order valence-electron chi connectivity index (χ1n) is 8.72. The van der Waals surface area contributed by atoms with Gasteiger partial charge in [0.2, 0.25) is 17.6 Å². The normalized spacial score (nSPS) is 12.0. The predicted octanol–water partition coefficient (Wildman–Crippen LogP) is 5.57. The van der Waals surface area contributed by atoms with E-state index in [0.717, 1.165) is 4.90 Å². The van der Waals surface area contributed by atoms with Crippen LogP contribution in [0.2, 0.25) is 10.0 Å². The highest BCUT2D eigenvalue weighted by Gasteiger charge is 2.23. The summed E-state index contributed by atoms with van der Waals surface area (Å²) >= 11 is 13.6. The minimum absolute atomic E-state index is 0.0000523. The van der Waals surface area contributed by atoms with Crippen LogP contribution in [0.3, 0.4) is 0 Å². The monoisotopic (exact) mass is 435 g/mol. The highest BCUT2D eigenvalue weighted by molar-refractivity contribution is 8.00. The van der Waals surface area contributed by atoms with E-state index in [-0.39, 0.29) is 17.7 Å². The first-order chi connectivity index (χ1) is 13.5. The summed E-state index contributed by atoms with van der Waals surface area (Å²) in [5.74, 6) is 0.765. The van der Waals surface area contributed by atoms with Gasteiger partial charge >= 0.3 is 0 Å². The summed E-state index contributed by atoms with van der Waals surface area (Å²) < 4.78 is 5.30. The average molecular weight is 436 g/mol. The Hall–Kier alpha value is -2.02. The Morgan fingerprint density at radius 1 is 1.18 bits per heavy atom. The van der Waals surface area contributed by atoms with Gasteiger partial charge in [-0.05, 0) is 42.8 Å². The van der Waals surface area contributed by atoms with Crippen molar-refractivity contribution >= 4 is 40.9 Å². The number of hydrogen-bond acceptors (Lipinski definition) is 5. The zero-order valence-electron chi connectivity index (χ0n) is 15.4. The Bertz CT molecular complexity index is 947. The van der Waals surface area contributed by atoms with Crippen molar-refractivity contribution in [3.8, 4) is 11.4 Å².